The smallest absolute Gasteiger partial charge is 0.186 e. The van der Waals surface area contributed by atoms with Crippen LogP contribution in [-0.4, -0.2) is 26.1 Å². The number of rotatable bonds is 3. The summed E-state index contributed by atoms with van der Waals surface area (Å²) < 4.78 is 0. The van der Waals surface area contributed by atoms with Gasteiger partial charge in [-0.1, -0.05) is 22.9 Å². The molecule has 1 rings (SSSR count). The standard InChI is InChI=1S/C7H12ClN3S/c1-9-4-5-6(8)10-7(12-5)11(2)3/h9H,4H2,1-3H3. The maximum atomic E-state index is 5.90. The van der Waals surface area contributed by atoms with Crippen LogP contribution in [0.1, 0.15) is 4.88 Å². The zero-order valence-electron chi connectivity index (χ0n) is 7.39. The Labute approximate surface area is 81.4 Å². The second kappa shape index (κ2) is 4.07. The molecule has 5 heteroatoms. The van der Waals surface area contributed by atoms with Crippen molar-refractivity contribution >= 4 is 28.1 Å². The molecule has 0 unspecified atom stereocenters. The third-order valence-electron chi connectivity index (χ3n) is 1.36. The largest absolute Gasteiger partial charge is 0.354 e. The Balaban J connectivity index is 2.85. The predicted molar refractivity (Wildman–Crippen MR) is 54.2 cm³/mol. The van der Waals surface area contributed by atoms with E-state index in [9.17, 15) is 0 Å². The monoisotopic (exact) mass is 205 g/mol. The molecule has 0 saturated heterocycles. The molecule has 68 valence electrons. The van der Waals surface area contributed by atoms with Crippen LogP contribution in [-0.2, 0) is 6.54 Å². The van der Waals surface area contributed by atoms with Gasteiger partial charge in [0.1, 0.15) is 5.15 Å². The Morgan fingerprint density at radius 3 is 2.67 bits per heavy atom. The SMILES string of the molecule is CNCc1sc(N(C)C)nc1Cl. The van der Waals surface area contributed by atoms with Crippen molar-refractivity contribution in [1.29, 1.82) is 0 Å². The quantitative estimate of drug-likeness (QED) is 0.813. The van der Waals surface area contributed by atoms with Gasteiger partial charge in [-0.15, -0.1) is 0 Å². The number of thiazole rings is 1. The molecule has 0 saturated carbocycles. The molecular weight excluding hydrogens is 194 g/mol. The van der Waals surface area contributed by atoms with Crippen molar-refractivity contribution in [2.24, 2.45) is 0 Å². The molecule has 0 atom stereocenters. The highest BCUT2D eigenvalue weighted by molar-refractivity contribution is 7.16. The average molecular weight is 206 g/mol. The number of anilines is 1. The average Bonchev–Trinajstić information content (AvgIpc) is 2.34. The van der Waals surface area contributed by atoms with Crippen LogP contribution in [0.15, 0.2) is 0 Å². The fraction of sp³-hybridized carbons (Fsp3) is 0.571. The highest BCUT2D eigenvalue weighted by Gasteiger charge is 2.08. The van der Waals surface area contributed by atoms with Crippen LogP contribution >= 0.6 is 22.9 Å². The Morgan fingerprint density at radius 2 is 2.25 bits per heavy atom. The van der Waals surface area contributed by atoms with Crippen LogP contribution in [0.3, 0.4) is 0 Å². The molecule has 1 aromatic heterocycles. The molecule has 0 amide bonds. The number of nitrogens with zero attached hydrogens (tertiary/aromatic N) is 2. The van der Waals surface area contributed by atoms with E-state index in [0.717, 1.165) is 16.6 Å². The van der Waals surface area contributed by atoms with Gasteiger partial charge in [-0.25, -0.2) is 4.98 Å². The lowest BCUT2D eigenvalue weighted by Crippen LogP contribution is -2.07. The number of halogens is 1. The van der Waals surface area contributed by atoms with Gasteiger partial charge in [0.25, 0.3) is 0 Å². The summed E-state index contributed by atoms with van der Waals surface area (Å²) >= 11 is 7.51. The minimum absolute atomic E-state index is 0.609. The first-order chi connectivity index (χ1) is 5.65. The molecule has 1 N–H and O–H groups in total. The van der Waals surface area contributed by atoms with E-state index in [1.165, 1.54) is 0 Å². The van der Waals surface area contributed by atoms with E-state index >= 15 is 0 Å². The Kier molecular flexibility index (Phi) is 3.31. The van der Waals surface area contributed by atoms with Crippen molar-refractivity contribution in [3.8, 4) is 0 Å². The number of hydrogen-bond acceptors (Lipinski definition) is 4. The van der Waals surface area contributed by atoms with Gasteiger partial charge in [0.15, 0.2) is 5.13 Å². The van der Waals surface area contributed by atoms with Gasteiger partial charge in [-0.05, 0) is 7.05 Å². The van der Waals surface area contributed by atoms with Crippen LogP contribution in [0.4, 0.5) is 5.13 Å². The van der Waals surface area contributed by atoms with Crippen LogP contribution in [0.5, 0.6) is 0 Å². The van der Waals surface area contributed by atoms with Gasteiger partial charge >= 0.3 is 0 Å². The third kappa shape index (κ3) is 2.09. The van der Waals surface area contributed by atoms with Gasteiger partial charge in [0, 0.05) is 20.6 Å². The summed E-state index contributed by atoms with van der Waals surface area (Å²) in [6.45, 7) is 0.782. The van der Waals surface area contributed by atoms with Crippen molar-refractivity contribution in [3.05, 3.63) is 10.0 Å². The molecule has 0 fully saturated rings. The van der Waals surface area contributed by atoms with E-state index in [4.69, 9.17) is 11.6 Å². The minimum atomic E-state index is 0.609. The molecule has 12 heavy (non-hydrogen) atoms. The van der Waals surface area contributed by atoms with Crippen molar-refractivity contribution in [3.63, 3.8) is 0 Å². The topological polar surface area (TPSA) is 28.2 Å². The maximum Gasteiger partial charge on any atom is 0.186 e. The van der Waals surface area contributed by atoms with Crippen LogP contribution in [0, 0.1) is 0 Å². The van der Waals surface area contributed by atoms with Gasteiger partial charge in [-0.3, -0.25) is 0 Å². The lowest BCUT2D eigenvalue weighted by molar-refractivity contribution is 0.829. The maximum absolute atomic E-state index is 5.90. The molecule has 1 aromatic rings. The first-order valence-electron chi connectivity index (χ1n) is 3.62. The Hall–Kier alpha value is -0.320. The summed E-state index contributed by atoms with van der Waals surface area (Å²) in [6, 6.07) is 0. The van der Waals surface area contributed by atoms with E-state index in [2.05, 4.69) is 10.3 Å². The summed E-state index contributed by atoms with van der Waals surface area (Å²) in [4.78, 5) is 7.24. The second-order valence-corrected chi connectivity index (χ2v) is 4.06. The Bertz CT molecular complexity index is 259. The summed E-state index contributed by atoms with van der Waals surface area (Å²) in [5.74, 6) is 0. The van der Waals surface area contributed by atoms with E-state index in [1.807, 2.05) is 26.0 Å². The minimum Gasteiger partial charge on any atom is -0.354 e. The Morgan fingerprint density at radius 1 is 1.58 bits per heavy atom. The van der Waals surface area contributed by atoms with Crippen molar-refractivity contribution in [2.45, 2.75) is 6.54 Å². The molecule has 0 spiro atoms. The van der Waals surface area contributed by atoms with Crippen LogP contribution in [0.2, 0.25) is 5.15 Å². The number of aromatic nitrogens is 1. The van der Waals surface area contributed by atoms with Gasteiger partial charge < -0.3 is 10.2 Å². The van der Waals surface area contributed by atoms with E-state index in [-0.39, 0.29) is 0 Å². The van der Waals surface area contributed by atoms with E-state index in [1.54, 1.807) is 11.3 Å². The van der Waals surface area contributed by atoms with Gasteiger partial charge in [-0.2, -0.15) is 0 Å². The van der Waals surface area contributed by atoms with Gasteiger partial charge in [0.2, 0.25) is 0 Å². The molecule has 3 nitrogen and oxygen atoms in total. The summed E-state index contributed by atoms with van der Waals surface area (Å²) in [6.07, 6.45) is 0. The molecule has 0 radical (unpaired) electrons. The van der Waals surface area contributed by atoms with Crippen molar-refractivity contribution in [1.82, 2.24) is 10.3 Å². The second-order valence-electron chi connectivity index (χ2n) is 2.64. The number of nitrogens with one attached hydrogen (secondary N) is 1. The lowest BCUT2D eigenvalue weighted by atomic mass is 10.5. The third-order valence-corrected chi connectivity index (χ3v) is 3.01. The summed E-state index contributed by atoms with van der Waals surface area (Å²) in [5.41, 5.74) is 0. The molecule has 0 aliphatic rings. The predicted octanol–water partition coefficient (Wildman–Crippen LogP) is 1.58. The first kappa shape index (κ1) is 9.77. The number of hydrogen-bond donors (Lipinski definition) is 1. The molecule has 0 aromatic carbocycles. The molecule has 0 bridgehead atoms. The molecular formula is C7H12ClN3S. The van der Waals surface area contributed by atoms with Crippen molar-refractivity contribution in [2.75, 3.05) is 26.0 Å². The fourth-order valence-electron chi connectivity index (χ4n) is 0.782. The zero-order chi connectivity index (χ0) is 9.14. The van der Waals surface area contributed by atoms with Crippen LogP contribution < -0.4 is 10.2 Å². The van der Waals surface area contributed by atoms with Crippen molar-refractivity contribution < 1.29 is 0 Å². The molecule has 1 heterocycles. The molecule has 0 aliphatic heterocycles. The molecule has 0 aliphatic carbocycles. The lowest BCUT2D eigenvalue weighted by Gasteiger charge is -2.04. The normalized spacial score (nSPS) is 10.3. The fourth-order valence-corrected chi connectivity index (χ4v) is 1.98. The summed E-state index contributed by atoms with van der Waals surface area (Å²) in [7, 11) is 5.81. The van der Waals surface area contributed by atoms with Crippen LogP contribution in [0.25, 0.3) is 0 Å². The van der Waals surface area contributed by atoms with E-state index in [0.29, 0.717) is 5.15 Å². The van der Waals surface area contributed by atoms with E-state index < -0.39 is 0 Å². The highest BCUT2D eigenvalue weighted by Crippen LogP contribution is 2.27. The first-order valence-corrected chi connectivity index (χ1v) is 4.81. The van der Waals surface area contributed by atoms with Gasteiger partial charge in [0.05, 0.1) is 4.88 Å². The zero-order valence-corrected chi connectivity index (χ0v) is 8.96. The highest BCUT2D eigenvalue weighted by atomic mass is 35.5. The summed E-state index contributed by atoms with van der Waals surface area (Å²) in [5, 5.41) is 4.60.